The number of likely N-dealkylation sites (tertiary alicyclic amines) is 1. The van der Waals surface area contributed by atoms with E-state index in [2.05, 4.69) is 5.32 Å². The van der Waals surface area contributed by atoms with Gasteiger partial charge < -0.3 is 19.7 Å². The van der Waals surface area contributed by atoms with Crippen molar-refractivity contribution < 1.29 is 19.1 Å². The maximum atomic E-state index is 12.0. The summed E-state index contributed by atoms with van der Waals surface area (Å²) >= 11 is 0. The Morgan fingerprint density at radius 3 is 2.68 bits per heavy atom. The number of ether oxygens (including phenoxy) is 2. The van der Waals surface area contributed by atoms with Crippen molar-refractivity contribution in [3.8, 4) is 11.5 Å². The monoisotopic (exact) mass is 304 g/mol. The van der Waals surface area contributed by atoms with E-state index in [1.54, 1.807) is 4.90 Å². The summed E-state index contributed by atoms with van der Waals surface area (Å²) in [6.45, 7) is 2.15. The van der Waals surface area contributed by atoms with E-state index in [4.69, 9.17) is 9.47 Å². The molecule has 1 saturated heterocycles. The number of fused-ring (bicyclic) bond motifs is 1. The molecule has 1 aromatic rings. The van der Waals surface area contributed by atoms with Crippen molar-refractivity contribution in [1.82, 2.24) is 10.2 Å². The normalized spacial score (nSPS) is 16.5. The molecular weight excluding hydrogens is 284 g/mol. The number of carbonyl (C=O) groups is 2. The van der Waals surface area contributed by atoms with Crippen molar-refractivity contribution in [2.45, 2.75) is 32.2 Å². The van der Waals surface area contributed by atoms with Gasteiger partial charge in [-0.2, -0.15) is 0 Å². The predicted octanol–water partition coefficient (Wildman–Crippen LogP) is 1.43. The minimum Gasteiger partial charge on any atom is -0.454 e. The van der Waals surface area contributed by atoms with Gasteiger partial charge >= 0.3 is 0 Å². The zero-order valence-electron chi connectivity index (χ0n) is 12.5. The van der Waals surface area contributed by atoms with Crippen LogP contribution in [-0.2, 0) is 16.1 Å². The van der Waals surface area contributed by atoms with Gasteiger partial charge in [-0.05, 0) is 37.0 Å². The highest BCUT2D eigenvalue weighted by atomic mass is 16.7. The minimum atomic E-state index is -0.242. The Morgan fingerprint density at radius 2 is 1.86 bits per heavy atom. The van der Waals surface area contributed by atoms with Crippen LogP contribution in [0.15, 0.2) is 18.2 Å². The second-order valence-corrected chi connectivity index (χ2v) is 5.58. The summed E-state index contributed by atoms with van der Waals surface area (Å²) in [6, 6.07) is 5.54. The van der Waals surface area contributed by atoms with Gasteiger partial charge in [-0.15, -0.1) is 0 Å². The van der Waals surface area contributed by atoms with Crippen molar-refractivity contribution in [3.63, 3.8) is 0 Å². The van der Waals surface area contributed by atoms with Crippen molar-refractivity contribution in [2.75, 3.05) is 19.9 Å². The fraction of sp³-hybridized carbons (Fsp3) is 0.500. The molecule has 2 aliphatic heterocycles. The molecule has 2 aliphatic rings. The Morgan fingerprint density at radius 1 is 1.09 bits per heavy atom. The largest absolute Gasteiger partial charge is 0.454 e. The molecule has 0 spiro atoms. The highest BCUT2D eigenvalue weighted by Crippen LogP contribution is 2.32. The van der Waals surface area contributed by atoms with Crippen LogP contribution < -0.4 is 14.8 Å². The Kier molecular flexibility index (Phi) is 4.46. The molecule has 2 amide bonds. The molecule has 2 heterocycles. The lowest BCUT2D eigenvalue weighted by Crippen LogP contribution is -2.38. The fourth-order valence-electron chi connectivity index (χ4n) is 2.71. The second-order valence-electron chi connectivity index (χ2n) is 5.58. The van der Waals surface area contributed by atoms with Gasteiger partial charge in [0, 0.05) is 19.6 Å². The van der Waals surface area contributed by atoms with E-state index in [0.29, 0.717) is 12.3 Å². The van der Waals surface area contributed by atoms with E-state index >= 15 is 0 Å². The second kappa shape index (κ2) is 6.68. The maximum absolute atomic E-state index is 12.0. The van der Waals surface area contributed by atoms with Gasteiger partial charge in [-0.1, -0.05) is 6.07 Å². The summed E-state index contributed by atoms with van der Waals surface area (Å²) in [7, 11) is 0. The van der Waals surface area contributed by atoms with Crippen molar-refractivity contribution >= 4 is 11.8 Å². The zero-order chi connectivity index (χ0) is 15.4. The van der Waals surface area contributed by atoms with E-state index < -0.39 is 0 Å². The fourth-order valence-corrected chi connectivity index (χ4v) is 2.71. The van der Waals surface area contributed by atoms with Gasteiger partial charge in [0.2, 0.25) is 18.6 Å². The first-order valence-electron chi connectivity index (χ1n) is 7.65. The lowest BCUT2D eigenvalue weighted by molar-refractivity contribution is -0.136. The number of hydrogen-bond donors (Lipinski definition) is 1. The topological polar surface area (TPSA) is 67.9 Å². The van der Waals surface area contributed by atoms with Crippen LogP contribution in [0.1, 0.15) is 31.2 Å². The number of amides is 2. The highest BCUT2D eigenvalue weighted by molar-refractivity contribution is 5.96. The number of benzene rings is 1. The molecule has 1 aromatic carbocycles. The van der Waals surface area contributed by atoms with E-state index in [0.717, 1.165) is 37.2 Å². The molecule has 3 rings (SSSR count). The summed E-state index contributed by atoms with van der Waals surface area (Å²) in [5.41, 5.74) is 0.919. The van der Waals surface area contributed by atoms with Crippen molar-refractivity contribution in [3.05, 3.63) is 23.8 Å². The quantitative estimate of drug-likeness (QED) is 0.855. The van der Waals surface area contributed by atoms with Crippen LogP contribution in [0, 0.1) is 0 Å². The molecule has 0 bridgehead atoms. The van der Waals surface area contributed by atoms with Crippen LogP contribution in [0.25, 0.3) is 0 Å². The predicted molar refractivity (Wildman–Crippen MR) is 79.5 cm³/mol. The molecular formula is C16H20N2O4. The molecule has 0 unspecified atom stereocenters. The van der Waals surface area contributed by atoms with Gasteiger partial charge in [0.1, 0.15) is 6.42 Å². The van der Waals surface area contributed by atoms with Crippen LogP contribution in [0.5, 0.6) is 11.5 Å². The smallest absolute Gasteiger partial charge is 0.232 e. The van der Waals surface area contributed by atoms with Crippen LogP contribution in [-0.4, -0.2) is 36.6 Å². The average Bonchev–Trinajstić information content (AvgIpc) is 3.01. The molecule has 0 aromatic heterocycles. The van der Waals surface area contributed by atoms with Gasteiger partial charge in [-0.3, -0.25) is 9.59 Å². The lowest BCUT2D eigenvalue weighted by atomic mass is 10.1. The summed E-state index contributed by atoms with van der Waals surface area (Å²) in [4.78, 5) is 25.7. The van der Waals surface area contributed by atoms with E-state index in [1.807, 2.05) is 18.2 Å². The van der Waals surface area contributed by atoms with Crippen LogP contribution in [0.2, 0.25) is 0 Å². The Hall–Kier alpha value is -2.24. The molecule has 1 fully saturated rings. The summed E-state index contributed by atoms with van der Waals surface area (Å²) in [5.74, 6) is 1.09. The van der Waals surface area contributed by atoms with Crippen LogP contribution >= 0.6 is 0 Å². The molecule has 6 heteroatoms. The third kappa shape index (κ3) is 3.50. The standard InChI is InChI=1S/C16H20N2O4/c19-15(9-16(20)18-6-2-1-3-7-18)17-10-12-4-5-13-14(8-12)22-11-21-13/h4-5,8H,1-3,6-7,9-11H2,(H,17,19). The first-order valence-corrected chi connectivity index (χ1v) is 7.65. The molecule has 6 nitrogen and oxygen atoms in total. The number of nitrogens with zero attached hydrogens (tertiary/aromatic N) is 1. The van der Waals surface area contributed by atoms with Crippen molar-refractivity contribution in [1.29, 1.82) is 0 Å². The summed E-state index contributed by atoms with van der Waals surface area (Å²) in [6.07, 6.45) is 3.15. The highest BCUT2D eigenvalue weighted by Gasteiger charge is 2.19. The third-order valence-electron chi connectivity index (χ3n) is 3.95. The van der Waals surface area contributed by atoms with E-state index in [1.165, 1.54) is 6.42 Å². The molecule has 118 valence electrons. The maximum Gasteiger partial charge on any atom is 0.232 e. The Labute approximate surface area is 129 Å². The molecule has 0 aliphatic carbocycles. The van der Waals surface area contributed by atoms with Crippen molar-refractivity contribution in [2.24, 2.45) is 0 Å². The summed E-state index contributed by atoms with van der Waals surface area (Å²) in [5, 5.41) is 2.78. The Bertz CT molecular complexity index is 567. The van der Waals surface area contributed by atoms with Crippen LogP contribution in [0.3, 0.4) is 0 Å². The molecule has 0 radical (unpaired) electrons. The number of piperidine rings is 1. The summed E-state index contributed by atoms with van der Waals surface area (Å²) < 4.78 is 10.5. The number of carbonyl (C=O) groups excluding carboxylic acids is 2. The number of hydrogen-bond acceptors (Lipinski definition) is 4. The Balaban J connectivity index is 1.46. The molecule has 0 saturated carbocycles. The molecule has 22 heavy (non-hydrogen) atoms. The third-order valence-corrected chi connectivity index (χ3v) is 3.95. The van der Waals surface area contributed by atoms with Gasteiger partial charge in [0.25, 0.3) is 0 Å². The molecule has 0 atom stereocenters. The zero-order valence-corrected chi connectivity index (χ0v) is 12.5. The minimum absolute atomic E-state index is 0.0788. The van der Waals surface area contributed by atoms with E-state index in [9.17, 15) is 9.59 Å². The number of nitrogens with one attached hydrogen (secondary N) is 1. The first-order chi connectivity index (χ1) is 10.7. The van der Waals surface area contributed by atoms with Crippen LogP contribution in [0.4, 0.5) is 0 Å². The van der Waals surface area contributed by atoms with E-state index in [-0.39, 0.29) is 25.0 Å². The van der Waals surface area contributed by atoms with Gasteiger partial charge in [0.05, 0.1) is 0 Å². The first kappa shape index (κ1) is 14.7. The average molecular weight is 304 g/mol. The van der Waals surface area contributed by atoms with Gasteiger partial charge in [-0.25, -0.2) is 0 Å². The number of rotatable bonds is 4. The SMILES string of the molecule is O=C(CC(=O)N1CCCCC1)NCc1ccc2c(c1)OCO2. The van der Waals surface area contributed by atoms with Gasteiger partial charge in [0.15, 0.2) is 11.5 Å². The molecule has 1 N–H and O–H groups in total. The lowest BCUT2D eigenvalue weighted by Gasteiger charge is -2.26.